The molecule has 0 saturated carbocycles. The van der Waals surface area contributed by atoms with Gasteiger partial charge in [0.2, 0.25) is 0 Å². The van der Waals surface area contributed by atoms with Gasteiger partial charge in [-0.25, -0.2) is 4.98 Å². The average molecular weight is 331 g/mol. The highest BCUT2D eigenvalue weighted by Crippen LogP contribution is 2.26. The van der Waals surface area contributed by atoms with Crippen LogP contribution in [0.25, 0.3) is 22.6 Å². The van der Waals surface area contributed by atoms with Gasteiger partial charge >= 0.3 is 0 Å². The number of carbonyl (C=O) groups excluding carboxylic acids is 2. The van der Waals surface area contributed by atoms with Crippen molar-refractivity contribution in [1.82, 2.24) is 9.55 Å². The Labute approximate surface area is 142 Å². The zero-order valence-corrected chi connectivity index (χ0v) is 12.9. The summed E-state index contributed by atoms with van der Waals surface area (Å²) in [6, 6.07) is 16.4. The van der Waals surface area contributed by atoms with Crippen LogP contribution in [0.3, 0.4) is 0 Å². The van der Waals surface area contributed by atoms with Crippen LogP contribution in [0.4, 0.5) is 0 Å². The topological polar surface area (TPSA) is 88.2 Å². The number of aromatic nitrogens is 2. The second-order valence-corrected chi connectivity index (χ2v) is 5.38. The van der Waals surface area contributed by atoms with Crippen molar-refractivity contribution in [1.29, 1.82) is 0 Å². The minimum atomic E-state index is -1.41. The van der Waals surface area contributed by atoms with Crippen LogP contribution < -0.4 is 5.11 Å². The number of aromatic carboxylic acids is 1. The fourth-order valence-electron chi connectivity index (χ4n) is 2.77. The lowest BCUT2D eigenvalue weighted by atomic mass is 10.1. The highest BCUT2D eigenvalue weighted by molar-refractivity contribution is 6.09. The summed E-state index contributed by atoms with van der Waals surface area (Å²) in [4.78, 5) is 29.0. The van der Waals surface area contributed by atoms with Crippen LogP contribution in [-0.4, -0.2) is 21.4 Å². The van der Waals surface area contributed by atoms with Crippen LogP contribution in [0.2, 0.25) is 0 Å². The van der Waals surface area contributed by atoms with E-state index in [-0.39, 0.29) is 11.1 Å². The maximum Gasteiger partial charge on any atom is 0.264 e. The number of furan rings is 1. The Balaban J connectivity index is 1.99. The summed E-state index contributed by atoms with van der Waals surface area (Å²) in [5.74, 6) is -1.20. The molecule has 6 heteroatoms. The van der Waals surface area contributed by atoms with Crippen molar-refractivity contribution in [3.63, 3.8) is 0 Å². The van der Waals surface area contributed by atoms with Crippen LogP contribution in [0.15, 0.2) is 71.3 Å². The normalized spacial score (nSPS) is 10.9. The number of fused-ring (bicyclic) bond motifs is 1. The molecular formula is C19H11N2O4-. The molecule has 4 aromatic rings. The van der Waals surface area contributed by atoms with Gasteiger partial charge in [-0.3, -0.25) is 9.36 Å². The largest absolute Gasteiger partial charge is 0.545 e. The van der Waals surface area contributed by atoms with Crippen LogP contribution >= 0.6 is 0 Å². The molecule has 0 amide bonds. The highest BCUT2D eigenvalue weighted by atomic mass is 16.4. The van der Waals surface area contributed by atoms with Crippen LogP contribution in [0.5, 0.6) is 0 Å². The minimum absolute atomic E-state index is 0.0264. The van der Waals surface area contributed by atoms with Crippen molar-refractivity contribution in [3.05, 3.63) is 78.1 Å². The molecule has 0 aliphatic rings. The molecule has 4 rings (SSSR count). The molecule has 0 fully saturated rings. The van der Waals surface area contributed by atoms with Crippen molar-refractivity contribution < 1.29 is 19.1 Å². The van der Waals surface area contributed by atoms with E-state index >= 15 is 0 Å². The Morgan fingerprint density at radius 3 is 2.36 bits per heavy atom. The van der Waals surface area contributed by atoms with Crippen molar-refractivity contribution in [3.8, 4) is 11.6 Å². The number of para-hydroxylation sites is 2. The standard InChI is InChI=1S/C19H12N2O4/c22-18(12-6-1-2-7-13(12)19(23)24)21-15-9-4-3-8-14(15)20-17(21)16-10-5-11-25-16/h1-11H,(H,23,24)/p-1. The number of hydrogen-bond acceptors (Lipinski definition) is 5. The van der Waals surface area contributed by atoms with Gasteiger partial charge in [0.05, 0.1) is 23.3 Å². The molecule has 0 bridgehead atoms. The lowest BCUT2D eigenvalue weighted by molar-refractivity contribution is -0.255. The molecule has 0 N–H and O–H groups in total. The first-order valence-corrected chi connectivity index (χ1v) is 7.53. The maximum atomic E-state index is 13.2. The smallest absolute Gasteiger partial charge is 0.264 e. The predicted molar refractivity (Wildman–Crippen MR) is 87.9 cm³/mol. The highest BCUT2D eigenvalue weighted by Gasteiger charge is 2.22. The molecule has 2 heterocycles. The number of benzene rings is 2. The van der Waals surface area contributed by atoms with Gasteiger partial charge in [0, 0.05) is 11.1 Å². The van der Waals surface area contributed by atoms with Crippen molar-refractivity contribution in [2.24, 2.45) is 0 Å². The van der Waals surface area contributed by atoms with Gasteiger partial charge in [0.15, 0.2) is 11.6 Å². The predicted octanol–water partition coefficient (Wildman–Crippen LogP) is 2.35. The number of nitrogens with zero attached hydrogens (tertiary/aromatic N) is 2. The van der Waals surface area contributed by atoms with E-state index in [1.54, 1.807) is 42.5 Å². The van der Waals surface area contributed by atoms with E-state index in [1.165, 1.54) is 23.0 Å². The number of imidazole rings is 1. The molecule has 0 saturated heterocycles. The second kappa shape index (κ2) is 5.76. The van der Waals surface area contributed by atoms with Gasteiger partial charge in [0.25, 0.3) is 5.91 Å². The minimum Gasteiger partial charge on any atom is -0.545 e. The molecule has 0 spiro atoms. The van der Waals surface area contributed by atoms with E-state index in [0.29, 0.717) is 22.6 Å². The first-order valence-electron chi connectivity index (χ1n) is 7.53. The Hall–Kier alpha value is -3.67. The Bertz CT molecular complexity index is 1090. The van der Waals surface area contributed by atoms with Crippen LogP contribution in [-0.2, 0) is 0 Å². The van der Waals surface area contributed by atoms with Crippen molar-refractivity contribution in [2.75, 3.05) is 0 Å². The zero-order chi connectivity index (χ0) is 17.4. The lowest BCUT2D eigenvalue weighted by Crippen LogP contribution is -2.26. The SMILES string of the molecule is O=C([O-])c1ccccc1C(=O)n1c(-c2ccco2)nc2ccccc21. The number of carboxylic acid groups (broad SMARTS) is 1. The summed E-state index contributed by atoms with van der Waals surface area (Å²) >= 11 is 0. The third-order valence-corrected chi connectivity index (χ3v) is 3.88. The van der Waals surface area contributed by atoms with Gasteiger partial charge < -0.3 is 14.3 Å². The third-order valence-electron chi connectivity index (χ3n) is 3.88. The Morgan fingerprint density at radius 2 is 1.64 bits per heavy atom. The van der Waals surface area contributed by atoms with Gasteiger partial charge in [-0.2, -0.15) is 0 Å². The van der Waals surface area contributed by atoms with E-state index in [0.717, 1.165) is 0 Å². The van der Waals surface area contributed by atoms with Crippen molar-refractivity contribution >= 4 is 22.9 Å². The van der Waals surface area contributed by atoms with E-state index in [1.807, 2.05) is 6.07 Å². The fourth-order valence-corrected chi connectivity index (χ4v) is 2.77. The molecule has 25 heavy (non-hydrogen) atoms. The van der Waals surface area contributed by atoms with Crippen LogP contribution in [0.1, 0.15) is 20.7 Å². The molecule has 0 aliphatic heterocycles. The monoisotopic (exact) mass is 331 g/mol. The second-order valence-electron chi connectivity index (χ2n) is 5.38. The summed E-state index contributed by atoms with van der Waals surface area (Å²) in [6.07, 6.45) is 1.48. The Morgan fingerprint density at radius 1 is 0.920 bits per heavy atom. The molecule has 2 aromatic heterocycles. The molecule has 0 atom stereocenters. The summed E-state index contributed by atoms with van der Waals surface area (Å²) < 4.78 is 6.75. The summed E-state index contributed by atoms with van der Waals surface area (Å²) in [7, 11) is 0. The molecule has 2 aromatic carbocycles. The molecule has 6 nitrogen and oxygen atoms in total. The van der Waals surface area contributed by atoms with E-state index < -0.39 is 11.9 Å². The van der Waals surface area contributed by atoms with Crippen molar-refractivity contribution in [2.45, 2.75) is 0 Å². The van der Waals surface area contributed by atoms with Gasteiger partial charge in [-0.05, 0) is 30.3 Å². The summed E-state index contributed by atoms with van der Waals surface area (Å²) in [5, 5.41) is 11.4. The average Bonchev–Trinajstić information content (AvgIpc) is 3.28. The van der Waals surface area contributed by atoms with Gasteiger partial charge in [-0.15, -0.1) is 0 Å². The molecule has 0 radical (unpaired) electrons. The van der Waals surface area contributed by atoms with Crippen LogP contribution in [0, 0.1) is 0 Å². The third kappa shape index (κ3) is 2.40. The molecule has 0 aliphatic carbocycles. The fraction of sp³-hybridized carbons (Fsp3) is 0. The van der Waals surface area contributed by atoms with Gasteiger partial charge in [-0.1, -0.05) is 30.3 Å². The number of hydrogen-bond donors (Lipinski definition) is 0. The first kappa shape index (κ1) is 14.9. The molecule has 122 valence electrons. The van der Waals surface area contributed by atoms with E-state index in [2.05, 4.69) is 4.98 Å². The number of rotatable bonds is 3. The zero-order valence-electron chi connectivity index (χ0n) is 12.9. The lowest BCUT2D eigenvalue weighted by Gasteiger charge is -2.11. The maximum absolute atomic E-state index is 13.2. The molecule has 0 unspecified atom stereocenters. The van der Waals surface area contributed by atoms with E-state index in [9.17, 15) is 14.7 Å². The first-order chi connectivity index (χ1) is 12.2. The molecular weight excluding hydrogens is 320 g/mol. The Kier molecular flexibility index (Phi) is 3.43. The number of carbonyl (C=O) groups is 2. The quantitative estimate of drug-likeness (QED) is 0.575. The summed E-state index contributed by atoms with van der Waals surface area (Å²) in [5.41, 5.74) is 1.02. The summed E-state index contributed by atoms with van der Waals surface area (Å²) in [6.45, 7) is 0. The number of carboxylic acids is 1. The van der Waals surface area contributed by atoms with Gasteiger partial charge in [0.1, 0.15) is 0 Å². The van der Waals surface area contributed by atoms with E-state index in [4.69, 9.17) is 4.42 Å².